The fourth-order valence-corrected chi connectivity index (χ4v) is 0.991. The molecule has 0 aliphatic carbocycles. The SMILES string of the molecule is COC(=O)CNC(=O)c1ccc(O)c(O)c1. The van der Waals surface area contributed by atoms with Crippen molar-refractivity contribution in [3.63, 3.8) is 0 Å². The fourth-order valence-electron chi connectivity index (χ4n) is 0.991. The van der Waals surface area contributed by atoms with E-state index in [9.17, 15) is 9.59 Å². The molecule has 0 spiro atoms. The molecule has 0 aliphatic rings. The third-order valence-corrected chi connectivity index (χ3v) is 1.86. The fraction of sp³-hybridized carbons (Fsp3) is 0.200. The predicted molar refractivity (Wildman–Crippen MR) is 54.1 cm³/mol. The molecular formula is C10H11NO5. The Hall–Kier alpha value is -2.24. The number of esters is 1. The summed E-state index contributed by atoms with van der Waals surface area (Å²) in [6.07, 6.45) is 0. The van der Waals surface area contributed by atoms with Crippen molar-refractivity contribution in [3.05, 3.63) is 23.8 Å². The molecule has 0 saturated carbocycles. The van der Waals surface area contributed by atoms with Gasteiger partial charge in [-0.15, -0.1) is 0 Å². The number of aromatic hydroxyl groups is 2. The van der Waals surface area contributed by atoms with Gasteiger partial charge < -0.3 is 20.3 Å². The number of rotatable bonds is 3. The molecule has 0 fully saturated rings. The Kier molecular flexibility index (Phi) is 3.71. The molecule has 0 bridgehead atoms. The summed E-state index contributed by atoms with van der Waals surface area (Å²) in [5.41, 5.74) is 0.138. The summed E-state index contributed by atoms with van der Waals surface area (Å²) in [5.74, 6) is -1.83. The van der Waals surface area contributed by atoms with Crippen LogP contribution in [0.4, 0.5) is 0 Å². The Morgan fingerprint density at radius 2 is 2.00 bits per heavy atom. The summed E-state index contributed by atoms with van der Waals surface area (Å²) >= 11 is 0. The van der Waals surface area contributed by atoms with E-state index in [1.54, 1.807) is 0 Å². The monoisotopic (exact) mass is 225 g/mol. The lowest BCUT2D eigenvalue weighted by Crippen LogP contribution is -2.30. The van der Waals surface area contributed by atoms with Gasteiger partial charge in [-0.05, 0) is 18.2 Å². The van der Waals surface area contributed by atoms with Gasteiger partial charge in [-0.2, -0.15) is 0 Å². The van der Waals surface area contributed by atoms with Crippen molar-refractivity contribution >= 4 is 11.9 Å². The number of ether oxygens (including phenoxy) is 1. The number of amides is 1. The zero-order chi connectivity index (χ0) is 12.1. The van der Waals surface area contributed by atoms with E-state index in [1.807, 2.05) is 0 Å². The molecule has 1 aromatic carbocycles. The predicted octanol–water partition coefficient (Wildman–Crippen LogP) is 0.000600. The number of carbonyl (C=O) groups excluding carboxylic acids is 2. The number of methoxy groups -OCH3 is 1. The zero-order valence-electron chi connectivity index (χ0n) is 8.56. The van der Waals surface area contributed by atoms with Crippen LogP contribution >= 0.6 is 0 Å². The summed E-state index contributed by atoms with van der Waals surface area (Å²) in [6.45, 7) is -0.253. The van der Waals surface area contributed by atoms with Crippen molar-refractivity contribution in [3.8, 4) is 11.5 Å². The van der Waals surface area contributed by atoms with Crippen LogP contribution in [0, 0.1) is 0 Å². The molecule has 0 radical (unpaired) electrons. The van der Waals surface area contributed by atoms with Crippen LogP contribution in [0.15, 0.2) is 18.2 Å². The molecule has 86 valence electrons. The van der Waals surface area contributed by atoms with Crippen LogP contribution in [-0.4, -0.2) is 35.7 Å². The van der Waals surface area contributed by atoms with Crippen LogP contribution in [0.5, 0.6) is 11.5 Å². The average Bonchev–Trinajstić information content (AvgIpc) is 2.29. The molecule has 6 heteroatoms. The molecular weight excluding hydrogens is 214 g/mol. The molecule has 0 unspecified atom stereocenters. The normalized spacial score (nSPS) is 9.56. The van der Waals surface area contributed by atoms with E-state index in [2.05, 4.69) is 10.1 Å². The smallest absolute Gasteiger partial charge is 0.325 e. The third kappa shape index (κ3) is 2.88. The zero-order valence-corrected chi connectivity index (χ0v) is 8.56. The molecule has 3 N–H and O–H groups in total. The van der Waals surface area contributed by atoms with E-state index in [-0.39, 0.29) is 17.9 Å². The molecule has 1 aromatic rings. The van der Waals surface area contributed by atoms with E-state index >= 15 is 0 Å². The van der Waals surface area contributed by atoms with Gasteiger partial charge in [0.2, 0.25) is 0 Å². The lowest BCUT2D eigenvalue weighted by molar-refractivity contribution is -0.139. The number of phenols is 2. The molecule has 0 aliphatic heterocycles. The van der Waals surface area contributed by atoms with Crippen molar-refractivity contribution < 1.29 is 24.5 Å². The molecule has 0 saturated heterocycles. The van der Waals surface area contributed by atoms with Gasteiger partial charge in [0, 0.05) is 5.56 Å². The van der Waals surface area contributed by atoms with Crippen molar-refractivity contribution in [1.82, 2.24) is 5.32 Å². The van der Waals surface area contributed by atoms with E-state index < -0.39 is 17.6 Å². The van der Waals surface area contributed by atoms with Crippen LogP contribution in [0.2, 0.25) is 0 Å². The number of hydrogen-bond acceptors (Lipinski definition) is 5. The lowest BCUT2D eigenvalue weighted by atomic mass is 10.2. The largest absolute Gasteiger partial charge is 0.504 e. The van der Waals surface area contributed by atoms with E-state index in [4.69, 9.17) is 10.2 Å². The van der Waals surface area contributed by atoms with Crippen molar-refractivity contribution in [1.29, 1.82) is 0 Å². The Morgan fingerprint density at radius 1 is 1.31 bits per heavy atom. The lowest BCUT2D eigenvalue weighted by Gasteiger charge is -2.04. The first-order valence-electron chi connectivity index (χ1n) is 4.41. The molecule has 1 amide bonds. The molecule has 16 heavy (non-hydrogen) atoms. The van der Waals surface area contributed by atoms with Crippen molar-refractivity contribution in [2.24, 2.45) is 0 Å². The van der Waals surface area contributed by atoms with E-state index in [0.717, 1.165) is 6.07 Å². The molecule has 1 rings (SSSR count). The highest BCUT2D eigenvalue weighted by Crippen LogP contribution is 2.24. The summed E-state index contributed by atoms with van der Waals surface area (Å²) in [6, 6.07) is 3.60. The maximum atomic E-state index is 11.4. The Morgan fingerprint density at radius 3 is 2.56 bits per heavy atom. The van der Waals surface area contributed by atoms with Crippen molar-refractivity contribution in [2.75, 3.05) is 13.7 Å². The summed E-state index contributed by atoms with van der Waals surface area (Å²) in [4.78, 5) is 22.2. The van der Waals surface area contributed by atoms with Gasteiger partial charge in [0.25, 0.3) is 5.91 Å². The first-order chi connectivity index (χ1) is 7.54. The van der Waals surface area contributed by atoms with Crippen LogP contribution in [0.3, 0.4) is 0 Å². The molecule has 0 heterocycles. The maximum absolute atomic E-state index is 11.4. The quantitative estimate of drug-likeness (QED) is 0.497. The Bertz CT molecular complexity index is 416. The second-order valence-corrected chi connectivity index (χ2v) is 2.96. The van der Waals surface area contributed by atoms with Crippen LogP contribution in [0.25, 0.3) is 0 Å². The summed E-state index contributed by atoms with van der Waals surface area (Å²) in [5, 5.41) is 20.5. The van der Waals surface area contributed by atoms with Gasteiger partial charge in [-0.25, -0.2) is 0 Å². The summed E-state index contributed by atoms with van der Waals surface area (Å²) < 4.78 is 4.34. The standard InChI is InChI=1S/C10H11NO5/c1-16-9(14)5-11-10(15)6-2-3-7(12)8(13)4-6/h2-4,12-13H,5H2,1H3,(H,11,15). The Balaban J connectivity index is 2.66. The summed E-state index contributed by atoms with van der Waals surface area (Å²) in [7, 11) is 1.21. The highest BCUT2D eigenvalue weighted by molar-refractivity contribution is 5.96. The highest BCUT2D eigenvalue weighted by Gasteiger charge is 2.10. The van der Waals surface area contributed by atoms with Gasteiger partial charge >= 0.3 is 5.97 Å². The first kappa shape index (κ1) is 11.8. The van der Waals surface area contributed by atoms with E-state index in [0.29, 0.717) is 0 Å². The third-order valence-electron chi connectivity index (χ3n) is 1.86. The van der Waals surface area contributed by atoms with Crippen LogP contribution < -0.4 is 5.32 Å². The number of benzene rings is 1. The minimum atomic E-state index is -0.573. The Labute approximate surface area is 91.5 Å². The number of nitrogens with one attached hydrogen (secondary N) is 1. The minimum Gasteiger partial charge on any atom is -0.504 e. The number of phenolic OH excluding ortho intramolecular Hbond substituents is 2. The second kappa shape index (κ2) is 5.01. The first-order valence-corrected chi connectivity index (χ1v) is 4.41. The maximum Gasteiger partial charge on any atom is 0.325 e. The molecule has 0 atom stereocenters. The van der Waals surface area contributed by atoms with Gasteiger partial charge in [-0.1, -0.05) is 0 Å². The number of hydrogen-bond donors (Lipinski definition) is 3. The second-order valence-electron chi connectivity index (χ2n) is 2.96. The van der Waals surface area contributed by atoms with Crippen LogP contribution in [-0.2, 0) is 9.53 Å². The van der Waals surface area contributed by atoms with E-state index in [1.165, 1.54) is 19.2 Å². The topological polar surface area (TPSA) is 95.9 Å². The highest BCUT2D eigenvalue weighted by atomic mass is 16.5. The molecule has 0 aromatic heterocycles. The van der Waals surface area contributed by atoms with Gasteiger partial charge in [0.15, 0.2) is 11.5 Å². The average molecular weight is 225 g/mol. The van der Waals surface area contributed by atoms with Crippen LogP contribution in [0.1, 0.15) is 10.4 Å². The van der Waals surface area contributed by atoms with Gasteiger partial charge in [-0.3, -0.25) is 9.59 Å². The van der Waals surface area contributed by atoms with Crippen molar-refractivity contribution in [2.45, 2.75) is 0 Å². The number of carbonyl (C=O) groups is 2. The minimum absolute atomic E-state index is 0.138. The van der Waals surface area contributed by atoms with Gasteiger partial charge in [0.05, 0.1) is 7.11 Å². The molecule has 6 nitrogen and oxygen atoms in total. The van der Waals surface area contributed by atoms with Gasteiger partial charge in [0.1, 0.15) is 6.54 Å².